The van der Waals surface area contributed by atoms with E-state index in [1.807, 2.05) is 13.8 Å². The van der Waals surface area contributed by atoms with Gasteiger partial charge in [0.1, 0.15) is 9.84 Å². The van der Waals surface area contributed by atoms with E-state index in [1.165, 1.54) is 25.5 Å². The molecule has 0 amide bonds. The monoisotopic (exact) mass is 485 g/mol. The third-order valence-corrected chi connectivity index (χ3v) is 6.93. The first-order chi connectivity index (χ1) is 11.4. The smallest absolute Gasteiger partial charge is 0.191 e. The van der Waals surface area contributed by atoms with E-state index in [0.717, 1.165) is 19.0 Å². The van der Waals surface area contributed by atoms with Gasteiger partial charge in [-0.15, -0.1) is 24.0 Å². The third-order valence-electron chi connectivity index (χ3n) is 5.95. The van der Waals surface area contributed by atoms with Crippen molar-refractivity contribution in [3.63, 3.8) is 0 Å². The summed E-state index contributed by atoms with van der Waals surface area (Å²) < 4.78 is 28.7. The van der Waals surface area contributed by atoms with Crippen molar-refractivity contribution >= 4 is 39.8 Å². The second-order valence-electron chi connectivity index (χ2n) is 7.74. The molecule has 3 rings (SSSR count). The van der Waals surface area contributed by atoms with Crippen molar-refractivity contribution in [1.29, 1.82) is 0 Å². The molecule has 1 aliphatic heterocycles. The van der Waals surface area contributed by atoms with Crippen molar-refractivity contribution < 1.29 is 13.2 Å². The van der Waals surface area contributed by atoms with Gasteiger partial charge < -0.3 is 15.4 Å². The normalized spacial score (nSPS) is 31.3. The number of hydrogen-bond acceptors (Lipinski definition) is 4. The van der Waals surface area contributed by atoms with Gasteiger partial charge in [0.15, 0.2) is 5.96 Å². The summed E-state index contributed by atoms with van der Waals surface area (Å²) in [6, 6.07) is 0.518. The summed E-state index contributed by atoms with van der Waals surface area (Å²) in [6.45, 7) is 5.62. The standard InChI is InChI=1S/C17H31N3O3S.HI/c1-4-18-16(19-12(2)7-11-24(3,21)22)20-14-13-6-10-23-15(13)17(14)8-5-9-17;/h12-15H,4-11H2,1-3H3,(H2,18,19,20);1H. The lowest BCUT2D eigenvalue weighted by atomic mass is 9.46. The Labute approximate surface area is 168 Å². The lowest BCUT2D eigenvalue weighted by Crippen LogP contribution is -2.72. The molecule has 3 fully saturated rings. The molecule has 0 radical (unpaired) electrons. The van der Waals surface area contributed by atoms with Gasteiger partial charge in [0, 0.05) is 42.8 Å². The van der Waals surface area contributed by atoms with E-state index in [4.69, 9.17) is 4.74 Å². The number of fused-ring (bicyclic) bond motifs is 2. The van der Waals surface area contributed by atoms with E-state index in [9.17, 15) is 8.42 Å². The molecule has 1 saturated heterocycles. The van der Waals surface area contributed by atoms with Crippen LogP contribution >= 0.6 is 24.0 Å². The van der Waals surface area contributed by atoms with E-state index >= 15 is 0 Å². The fourth-order valence-corrected chi connectivity index (χ4v) is 5.37. The zero-order valence-corrected chi connectivity index (χ0v) is 18.6. The predicted molar refractivity (Wildman–Crippen MR) is 111 cm³/mol. The number of nitrogens with zero attached hydrogens (tertiary/aromatic N) is 1. The first-order valence-corrected chi connectivity index (χ1v) is 11.3. The van der Waals surface area contributed by atoms with Crippen LogP contribution in [0.2, 0.25) is 0 Å². The molecule has 1 spiro atoms. The molecule has 8 heteroatoms. The van der Waals surface area contributed by atoms with Crippen molar-refractivity contribution in [2.45, 2.75) is 64.1 Å². The molecule has 0 bridgehead atoms. The number of nitrogens with one attached hydrogen (secondary N) is 2. The second-order valence-corrected chi connectivity index (χ2v) is 10.00. The highest BCUT2D eigenvalue weighted by atomic mass is 127. The maximum Gasteiger partial charge on any atom is 0.191 e. The van der Waals surface area contributed by atoms with Crippen LogP contribution in [0.1, 0.15) is 46.0 Å². The Bertz CT molecular complexity index is 592. The van der Waals surface area contributed by atoms with Crippen LogP contribution in [0.15, 0.2) is 4.99 Å². The Morgan fingerprint density at radius 3 is 2.68 bits per heavy atom. The molecule has 2 saturated carbocycles. The Morgan fingerprint density at radius 1 is 1.40 bits per heavy atom. The van der Waals surface area contributed by atoms with Gasteiger partial charge in [-0.3, -0.25) is 4.99 Å². The Morgan fingerprint density at radius 2 is 2.12 bits per heavy atom. The molecule has 4 unspecified atom stereocenters. The molecule has 1 heterocycles. The molecular weight excluding hydrogens is 453 g/mol. The predicted octanol–water partition coefficient (Wildman–Crippen LogP) is 1.94. The molecule has 2 N–H and O–H groups in total. The summed E-state index contributed by atoms with van der Waals surface area (Å²) in [5.74, 6) is 1.62. The van der Waals surface area contributed by atoms with Crippen LogP contribution in [0, 0.1) is 11.3 Å². The summed E-state index contributed by atoms with van der Waals surface area (Å²) in [5, 5.41) is 7.05. The van der Waals surface area contributed by atoms with Crippen molar-refractivity contribution in [2.75, 3.05) is 25.2 Å². The van der Waals surface area contributed by atoms with Crippen molar-refractivity contribution in [3.05, 3.63) is 0 Å². The quantitative estimate of drug-likeness (QED) is 0.342. The fourth-order valence-electron chi connectivity index (χ4n) is 4.59. The first kappa shape index (κ1) is 21.2. The number of sulfone groups is 1. The minimum atomic E-state index is -2.93. The molecule has 146 valence electrons. The number of rotatable bonds is 6. The molecule has 0 aromatic heterocycles. The molecule has 3 aliphatic rings. The molecule has 0 aromatic carbocycles. The van der Waals surface area contributed by atoms with E-state index < -0.39 is 9.84 Å². The first-order valence-electron chi connectivity index (χ1n) is 9.22. The number of halogens is 1. The zero-order chi connectivity index (χ0) is 17.4. The van der Waals surface area contributed by atoms with Gasteiger partial charge in [0.05, 0.1) is 11.9 Å². The van der Waals surface area contributed by atoms with Crippen LogP contribution in [0.5, 0.6) is 0 Å². The molecular formula is C17H32IN3O3S. The van der Waals surface area contributed by atoms with Gasteiger partial charge in [-0.25, -0.2) is 8.42 Å². The Balaban J connectivity index is 0.00000225. The van der Waals surface area contributed by atoms with Gasteiger partial charge in [-0.1, -0.05) is 6.42 Å². The number of hydrogen-bond donors (Lipinski definition) is 2. The highest BCUT2D eigenvalue weighted by Crippen LogP contribution is 2.62. The summed E-state index contributed by atoms with van der Waals surface area (Å²) in [6.07, 6.45) is 7.23. The number of ether oxygens (including phenoxy) is 1. The number of aliphatic imine (C=N–C) groups is 1. The van der Waals surface area contributed by atoms with E-state index in [-0.39, 0.29) is 35.8 Å². The van der Waals surface area contributed by atoms with Gasteiger partial charge in [-0.05, 0) is 39.5 Å². The van der Waals surface area contributed by atoms with Crippen LogP contribution in [0.4, 0.5) is 0 Å². The van der Waals surface area contributed by atoms with Crippen LogP contribution in [0.25, 0.3) is 0 Å². The second kappa shape index (κ2) is 8.29. The minimum absolute atomic E-state index is 0. The minimum Gasteiger partial charge on any atom is -0.377 e. The lowest BCUT2D eigenvalue weighted by Gasteiger charge is -2.63. The highest BCUT2D eigenvalue weighted by Gasteiger charge is 2.66. The maximum atomic E-state index is 11.3. The van der Waals surface area contributed by atoms with Gasteiger partial charge in [-0.2, -0.15) is 0 Å². The lowest BCUT2D eigenvalue weighted by molar-refractivity contribution is -0.171. The van der Waals surface area contributed by atoms with Gasteiger partial charge >= 0.3 is 0 Å². The van der Waals surface area contributed by atoms with Crippen molar-refractivity contribution in [1.82, 2.24) is 10.6 Å². The summed E-state index contributed by atoms with van der Waals surface area (Å²) in [5.41, 5.74) is 0.313. The maximum absolute atomic E-state index is 11.3. The Kier molecular flexibility index (Phi) is 7.03. The van der Waals surface area contributed by atoms with Crippen molar-refractivity contribution in [3.8, 4) is 0 Å². The third kappa shape index (κ3) is 4.43. The van der Waals surface area contributed by atoms with Crippen molar-refractivity contribution in [2.24, 2.45) is 16.3 Å². The fraction of sp³-hybridized carbons (Fsp3) is 0.941. The van der Waals surface area contributed by atoms with E-state index in [2.05, 4.69) is 15.6 Å². The molecule has 0 aromatic rings. The van der Waals surface area contributed by atoms with E-state index in [0.29, 0.717) is 36.4 Å². The average molecular weight is 485 g/mol. The molecule has 4 atom stereocenters. The largest absolute Gasteiger partial charge is 0.377 e. The molecule has 6 nitrogen and oxygen atoms in total. The SMILES string of the molecule is CCN=C(NC(C)CCS(C)(=O)=O)NC1C2CCOC2C12CCC2.I. The van der Waals surface area contributed by atoms with Crippen LogP contribution in [-0.2, 0) is 14.6 Å². The highest BCUT2D eigenvalue weighted by molar-refractivity contribution is 14.0. The summed E-state index contributed by atoms with van der Waals surface area (Å²) >= 11 is 0. The summed E-state index contributed by atoms with van der Waals surface area (Å²) in [4.78, 5) is 4.57. The average Bonchev–Trinajstić information content (AvgIpc) is 2.85. The topological polar surface area (TPSA) is 79.8 Å². The van der Waals surface area contributed by atoms with Crippen LogP contribution in [-0.4, -0.2) is 57.7 Å². The number of guanidine groups is 1. The van der Waals surface area contributed by atoms with Crippen LogP contribution < -0.4 is 10.6 Å². The van der Waals surface area contributed by atoms with Crippen LogP contribution in [0.3, 0.4) is 0 Å². The molecule has 2 aliphatic carbocycles. The Hall–Kier alpha value is -0.0900. The molecule has 25 heavy (non-hydrogen) atoms. The summed E-state index contributed by atoms with van der Waals surface area (Å²) in [7, 11) is -2.93. The van der Waals surface area contributed by atoms with E-state index in [1.54, 1.807) is 0 Å². The van der Waals surface area contributed by atoms with Gasteiger partial charge in [0.25, 0.3) is 0 Å². The zero-order valence-electron chi connectivity index (χ0n) is 15.5. The van der Waals surface area contributed by atoms with Gasteiger partial charge in [0.2, 0.25) is 0 Å².